The molecule has 1 N–H and O–H groups in total. The van der Waals surface area contributed by atoms with Gasteiger partial charge in [-0.05, 0) is 49.5 Å². The van der Waals surface area contributed by atoms with Crippen LogP contribution >= 0.6 is 0 Å². The van der Waals surface area contributed by atoms with Crippen LogP contribution in [0.4, 0.5) is 0 Å². The van der Waals surface area contributed by atoms with E-state index in [4.69, 9.17) is 5.11 Å². The second-order valence-electron chi connectivity index (χ2n) is 4.22. The molecule has 1 aliphatic rings. The molecule has 0 amide bonds. The van der Waals surface area contributed by atoms with Crippen molar-refractivity contribution >= 4 is 5.97 Å². The lowest BCUT2D eigenvalue weighted by Gasteiger charge is -2.30. The molecular weight excluding hydrogens is 204 g/mol. The van der Waals surface area contributed by atoms with E-state index in [-0.39, 0.29) is 6.54 Å². The van der Waals surface area contributed by atoms with Crippen LogP contribution < -0.4 is 0 Å². The average molecular weight is 220 g/mol. The minimum absolute atomic E-state index is 0.170. The number of aliphatic carboxylic acids is 1. The zero-order chi connectivity index (χ0) is 11.4. The molecule has 2 rings (SSSR count). The van der Waals surface area contributed by atoms with E-state index in [0.29, 0.717) is 5.92 Å². The van der Waals surface area contributed by atoms with Gasteiger partial charge in [-0.25, -0.2) is 0 Å². The highest BCUT2D eigenvalue weighted by molar-refractivity contribution is 5.69. The fraction of sp³-hybridized carbons (Fsp3) is 0.500. The van der Waals surface area contributed by atoms with E-state index in [9.17, 15) is 4.79 Å². The molecule has 0 radical (unpaired) electrons. The van der Waals surface area contributed by atoms with Gasteiger partial charge in [0.25, 0.3) is 0 Å². The molecule has 1 aliphatic heterocycles. The number of carboxylic acid groups (broad SMARTS) is 1. The van der Waals surface area contributed by atoms with E-state index in [1.807, 2.05) is 17.3 Å². The van der Waals surface area contributed by atoms with Gasteiger partial charge in [-0.1, -0.05) is 0 Å². The van der Waals surface area contributed by atoms with E-state index >= 15 is 0 Å². The van der Waals surface area contributed by atoms with Gasteiger partial charge >= 0.3 is 5.97 Å². The summed E-state index contributed by atoms with van der Waals surface area (Å²) in [6.45, 7) is 1.92. The maximum atomic E-state index is 10.6. The highest BCUT2D eigenvalue weighted by Crippen LogP contribution is 2.27. The summed E-state index contributed by atoms with van der Waals surface area (Å²) >= 11 is 0. The summed E-state index contributed by atoms with van der Waals surface area (Å²) in [5.41, 5.74) is 1.32. The third kappa shape index (κ3) is 2.79. The number of carbonyl (C=O) groups is 1. The van der Waals surface area contributed by atoms with Gasteiger partial charge in [0, 0.05) is 12.4 Å². The number of hydrogen-bond donors (Lipinski definition) is 1. The SMILES string of the molecule is O=C(O)CN1CCC(c2ccncc2)CC1. The highest BCUT2D eigenvalue weighted by Gasteiger charge is 2.21. The van der Waals surface area contributed by atoms with Crippen molar-refractivity contribution < 1.29 is 9.90 Å². The first-order chi connectivity index (χ1) is 7.75. The van der Waals surface area contributed by atoms with Crippen molar-refractivity contribution in [3.05, 3.63) is 30.1 Å². The average Bonchev–Trinajstić information content (AvgIpc) is 2.30. The Morgan fingerprint density at radius 3 is 2.56 bits per heavy atom. The molecule has 0 bridgehead atoms. The maximum Gasteiger partial charge on any atom is 0.317 e. The molecule has 0 saturated carbocycles. The summed E-state index contributed by atoms with van der Waals surface area (Å²) in [6.07, 6.45) is 5.71. The second-order valence-corrected chi connectivity index (χ2v) is 4.22. The molecule has 0 aliphatic carbocycles. The van der Waals surface area contributed by atoms with Crippen molar-refractivity contribution in [2.24, 2.45) is 0 Å². The van der Waals surface area contributed by atoms with E-state index in [1.165, 1.54) is 5.56 Å². The van der Waals surface area contributed by atoms with Gasteiger partial charge in [-0.15, -0.1) is 0 Å². The molecule has 0 spiro atoms. The fourth-order valence-electron chi connectivity index (χ4n) is 2.25. The Kier molecular flexibility index (Phi) is 3.51. The minimum Gasteiger partial charge on any atom is -0.480 e. The molecule has 0 atom stereocenters. The molecule has 86 valence electrons. The summed E-state index contributed by atoms with van der Waals surface area (Å²) in [6, 6.07) is 4.11. The standard InChI is InChI=1S/C12H16N2O2/c15-12(16)9-14-7-3-11(4-8-14)10-1-5-13-6-2-10/h1-2,5-6,11H,3-4,7-9H2,(H,15,16). The van der Waals surface area contributed by atoms with Crippen LogP contribution in [0.1, 0.15) is 24.3 Å². The largest absolute Gasteiger partial charge is 0.480 e. The van der Waals surface area contributed by atoms with E-state index < -0.39 is 5.97 Å². The number of piperidine rings is 1. The summed E-state index contributed by atoms with van der Waals surface area (Å²) in [5.74, 6) is -0.171. The quantitative estimate of drug-likeness (QED) is 0.835. The van der Waals surface area contributed by atoms with Crippen molar-refractivity contribution in [1.29, 1.82) is 0 Å². The molecule has 1 saturated heterocycles. The Hall–Kier alpha value is -1.42. The maximum absolute atomic E-state index is 10.6. The van der Waals surface area contributed by atoms with Crippen LogP contribution in [0.3, 0.4) is 0 Å². The molecule has 4 nitrogen and oxygen atoms in total. The number of nitrogens with zero attached hydrogens (tertiary/aromatic N) is 2. The zero-order valence-corrected chi connectivity index (χ0v) is 9.17. The van der Waals surface area contributed by atoms with Crippen LogP contribution in [0, 0.1) is 0 Å². The summed E-state index contributed by atoms with van der Waals surface area (Å²) in [5, 5.41) is 8.70. The van der Waals surface area contributed by atoms with Crippen molar-refractivity contribution in [2.75, 3.05) is 19.6 Å². The number of hydrogen-bond acceptors (Lipinski definition) is 3. The van der Waals surface area contributed by atoms with Crippen molar-refractivity contribution in [3.63, 3.8) is 0 Å². The monoisotopic (exact) mass is 220 g/mol. The molecule has 2 heterocycles. The normalized spacial score (nSPS) is 18.5. The Balaban J connectivity index is 1.88. The Morgan fingerprint density at radius 2 is 2.00 bits per heavy atom. The summed E-state index contributed by atoms with van der Waals surface area (Å²) in [4.78, 5) is 16.6. The first-order valence-corrected chi connectivity index (χ1v) is 5.60. The molecule has 1 fully saturated rings. The molecule has 16 heavy (non-hydrogen) atoms. The van der Waals surface area contributed by atoms with E-state index in [2.05, 4.69) is 17.1 Å². The van der Waals surface area contributed by atoms with Crippen LogP contribution in [-0.4, -0.2) is 40.6 Å². The second kappa shape index (κ2) is 5.07. The van der Waals surface area contributed by atoms with Crippen molar-refractivity contribution in [2.45, 2.75) is 18.8 Å². The first kappa shape index (κ1) is 11.1. The molecule has 0 aromatic carbocycles. The van der Waals surface area contributed by atoms with Crippen LogP contribution in [0.15, 0.2) is 24.5 Å². The van der Waals surface area contributed by atoms with Crippen LogP contribution in [0.2, 0.25) is 0 Å². The third-order valence-corrected chi connectivity index (χ3v) is 3.12. The molecular formula is C12H16N2O2. The predicted octanol–water partition coefficient (Wildman–Crippen LogP) is 1.35. The lowest BCUT2D eigenvalue weighted by Crippen LogP contribution is -2.36. The molecule has 0 unspecified atom stereocenters. The topological polar surface area (TPSA) is 53.4 Å². The Bertz CT molecular complexity index is 345. The van der Waals surface area contributed by atoms with Crippen molar-refractivity contribution in [3.8, 4) is 0 Å². The number of pyridine rings is 1. The van der Waals surface area contributed by atoms with Gasteiger partial charge in [-0.3, -0.25) is 14.7 Å². The number of aromatic nitrogens is 1. The van der Waals surface area contributed by atoms with Gasteiger partial charge in [-0.2, -0.15) is 0 Å². The Morgan fingerprint density at radius 1 is 1.38 bits per heavy atom. The zero-order valence-electron chi connectivity index (χ0n) is 9.17. The Labute approximate surface area is 94.9 Å². The first-order valence-electron chi connectivity index (χ1n) is 5.60. The lowest BCUT2D eigenvalue weighted by molar-refractivity contribution is -0.138. The smallest absolute Gasteiger partial charge is 0.317 e. The van der Waals surface area contributed by atoms with Crippen LogP contribution in [0.25, 0.3) is 0 Å². The summed E-state index contributed by atoms with van der Waals surface area (Å²) < 4.78 is 0. The van der Waals surface area contributed by atoms with Gasteiger partial charge in [0.15, 0.2) is 0 Å². The molecule has 1 aromatic rings. The third-order valence-electron chi connectivity index (χ3n) is 3.12. The fourth-order valence-corrected chi connectivity index (χ4v) is 2.25. The van der Waals surface area contributed by atoms with E-state index in [1.54, 1.807) is 0 Å². The van der Waals surface area contributed by atoms with Crippen molar-refractivity contribution in [1.82, 2.24) is 9.88 Å². The lowest BCUT2D eigenvalue weighted by atomic mass is 9.90. The van der Waals surface area contributed by atoms with Gasteiger partial charge in [0.2, 0.25) is 0 Å². The number of rotatable bonds is 3. The minimum atomic E-state index is -0.734. The molecule has 4 heteroatoms. The van der Waals surface area contributed by atoms with Gasteiger partial charge < -0.3 is 5.11 Å². The summed E-state index contributed by atoms with van der Waals surface area (Å²) in [7, 11) is 0. The van der Waals surface area contributed by atoms with Crippen LogP contribution in [-0.2, 0) is 4.79 Å². The number of likely N-dealkylation sites (tertiary alicyclic amines) is 1. The molecule has 1 aromatic heterocycles. The van der Waals surface area contributed by atoms with E-state index in [0.717, 1.165) is 25.9 Å². The van der Waals surface area contributed by atoms with Crippen LogP contribution in [0.5, 0.6) is 0 Å². The predicted molar refractivity (Wildman–Crippen MR) is 60.3 cm³/mol. The van der Waals surface area contributed by atoms with Gasteiger partial charge in [0.1, 0.15) is 0 Å². The van der Waals surface area contributed by atoms with Gasteiger partial charge in [0.05, 0.1) is 6.54 Å². The highest BCUT2D eigenvalue weighted by atomic mass is 16.4. The number of carboxylic acids is 1.